The van der Waals surface area contributed by atoms with Crippen molar-refractivity contribution >= 4 is 16.9 Å². The van der Waals surface area contributed by atoms with Gasteiger partial charge in [-0.25, -0.2) is 4.98 Å². The average Bonchev–Trinajstić information content (AvgIpc) is 3.08. The van der Waals surface area contributed by atoms with E-state index in [0.717, 1.165) is 49.5 Å². The van der Waals surface area contributed by atoms with E-state index in [0.29, 0.717) is 17.8 Å². The molecule has 0 aliphatic carbocycles. The van der Waals surface area contributed by atoms with Gasteiger partial charge in [-0.1, -0.05) is 24.3 Å². The Morgan fingerprint density at radius 1 is 1.22 bits per heavy atom. The maximum Gasteiger partial charge on any atom is 0.253 e. The van der Waals surface area contributed by atoms with Crippen molar-refractivity contribution in [3.8, 4) is 0 Å². The van der Waals surface area contributed by atoms with Crippen molar-refractivity contribution in [1.82, 2.24) is 25.4 Å². The maximum absolute atomic E-state index is 12.4. The monoisotopic (exact) mass is 365 g/mol. The molecule has 2 aromatic heterocycles. The van der Waals surface area contributed by atoms with Gasteiger partial charge in [0.15, 0.2) is 5.65 Å². The van der Waals surface area contributed by atoms with Crippen molar-refractivity contribution in [2.75, 3.05) is 26.3 Å². The van der Waals surface area contributed by atoms with Crippen LogP contribution in [-0.4, -0.2) is 52.3 Å². The zero-order chi connectivity index (χ0) is 18.6. The number of H-pyrrole nitrogens is 1. The molecule has 0 radical (unpaired) electrons. The van der Waals surface area contributed by atoms with Gasteiger partial charge in [0, 0.05) is 43.5 Å². The number of aromatic nitrogens is 3. The normalized spacial score (nSPS) is 15.1. The first-order valence-corrected chi connectivity index (χ1v) is 9.16. The molecular formula is C20H23N5O2. The van der Waals surface area contributed by atoms with E-state index in [1.165, 1.54) is 5.56 Å². The fourth-order valence-corrected chi connectivity index (χ4v) is 3.21. The number of nitrogens with one attached hydrogen (secondary N) is 2. The van der Waals surface area contributed by atoms with Crippen molar-refractivity contribution in [1.29, 1.82) is 0 Å². The Labute approximate surface area is 157 Å². The van der Waals surface area contributed by atoms with Crippen molar-refractivity contribution in [3.05, 3.63) is 58.9 Å². The molecular weight excluding hydrogens is 342 g/mol. The largest absolute Gasteiger partial charge is 0.379 e. The summed E-state index contributed by atoms with van der Waals surface area (Å²) in [5.41, 5.74) is 4.42. The van der Waals surface area contributed by atoms with Crippen molar-refractivity contribution in [2.45, 2.75) is 20.0 Å². The predicted molar refractivity (Wildman–Crippen MR) is 102 cm³/mol. The molecule has 0 unspecified atom stereocenters. The molecule has 1 fully saturated rings. The number of nitrogens with zero attached hydrogens (tertiary/aromatic N) is 3. The molecule has 0 bridgehead atoms. The number of aryl methyl sites for hydroxylation is 1. The second-order valence-corrected chi connectivity index (χ2v) is 6.83. The molecule has 2 N–H and O–H groups in total. The SMILES string of the molecule is Cc1[nH]nc2ncc(C(=O)NCc3ccc(CN4CCOCC4)cc3)cc12. The number of benzene rings is 1. The van der Waals surface area contributed by atoms with Gasteiger partial charge in [0.05, 0.1) is 18.8 Å². The second-order valence-electron chi connectivity index (χ2n) is 6.83. The summed E-state index contributed by atoms with van der Waals surface area (Å²) in [5.74, 6) is -0.137. The lowest BCUT2D eigenvalue weighted by molar-refractivity contribution is 0.0342. The number of amides is 1. The van der Waals surface area contributed by atoms with E-state index in [4.69, 9.17) is 4.74 Å². The summed E-state index contributed by atoms with van der Waals surface area (Å²) in [6, 6.07) is 10.2. The van der Waals surface area contributed by atoms with Crippen LogP contribution in [-0.2, 0) is 17.8 Å². The highest BCUT2D eigenvalue weighted by atomic mass is 16.5. The second kappa shape index (κ2) is 7.85. The molecule has 0 saturated carbocycles. The molecule has 3 heterocycles. The average molecular weight is 365 g/mol. The van der Waals surface area contributed by atoms with E-state index < -0.39 is 0 Å². The van der Waals surface area contributed by atoms with Crippen LogP contribution in [0.2, 0.25) is 0 Å². The number of hydrogen-bond acceptors (Lipinski definition) is 5. The van der Waals surface area contributed by atoms with Crippen LogP contribution in [0.4, 0.5) is 0 Å². The molecule has 1 aromatic carbocycles. The summed E-state index contributed by atoms with van der Waals surface area (Å²) >= 11 is 0. The Morgan fingerprint density at radius 3 is 2.74 bits per heavy atom. The molecule has 1 aliphatic rings. The van der Waals surface area contributed by atoms with Gasteiger partial charge >= 0.3 is 0 Å². The van der Waals surface area contributed by atoms with Crippen molar-refractivity contribution in [2.24, 2.45) is 0 Å². The number of carbonyl (C=O) groups excluding carboxylic acids is 1. The van der Waals surface area contributed by atoms with Gasteiger partial charge in [-0.05, 0) is 24.1 Å². The molecule has 1 saturated heterocycles. The Morgan fingerprint density at radius 2 is 1.96 bits per heavy atom. The number of rotatable bonds is 5. The molecule has 140 valence electrons. The first kappa shape index (κ1) is 17.6. The molecule has 1 amide bonds. The predicted octanol–water partition coefficient (Wildman–Crippen LogP) is 2.03. The molecule has 4 rings (SSSR count). The van der Waals surface area contributed by atoms with E-state index in [1.54, 1.807) is 6.20 Å². The van der Waals surface area contributed by atoms with Gasteiger partial charge in [0.2, 0.25) is 0 Å². The Hall–Kier alpha value is -2.77. The van der Waals surface area contributed by atoms with Gasteiger partial charge in [0.1, 0.15) is 0 Å². The topological polar surface area (TPSA) is 83.1 Å². The highest BCUT2D eigenvalue weighted by Gasteiger charge is 2.12. The lowest BCUT2D eigenvalue weighted by Gasteiger charge is -2.26. The number of pyridine rings is 1. The Balaban J connectivity index is 1.34. The number of hydrogen-bond donors (Lipinski definition) is 2. The Bertz CT molecular complexity index is 929. The van der Waals surface area contributed by atoms with Crippen LogP contribution < -0.4 is 5.32 Å². The van der Waals surface area contributed by atoms with E-state index in [9.17, 15) is 4.79 Å². The van der Waals surface area contributed by atoms with Crippen LogP contribution in [0, 0.1) is 6.92 Å². The zero-order valence-electron chi connectivity index (χ0n) is 15.4. The maximum atomic E-state index is 12.4. The minimum Gasteiger partial charge on any atom is -0.379 e. The lowest BCUT2D eigenvalue weighted by Crippen LogP contribution is -2.35. The van der Waals surface area contributed by atoms with Gasteiger partial charge < -0.3 is 10.1 Å². The highest BCUT2D eigenvalue weighted by Crippen LogP contribution is 2.14. The third-order valence-corrected chi connectivity index (χ3v) is 4.85. The third-order valence-electron chi connectivity index (χ3n) is 4.85. The number of carbonyl (C=O) groups is 1. The van der Waals surface area contributed by atoms with Crippen LogP contribution in [0.25, 0.3) is 11.0 Å². The highest BCUT2D eigenvalue weighted by molar-refractivity contribution is 5.97. The van der Waals surface area contributed by atoms with Gasteiger partial charge in [0.25, 0.3) is 5.91 Å². The summed E-state index contributed by atoms with van der Waals surface area (Å²) in [6.07, 6.45) is 1.56. The lowest BCUT2D eigenvalue weighted by atomic mass is 10.1. The number of morpholine rings is 1. The number of ether oxygens (including phenoxy) is 1. The minimum absolute atomic E-state index is 0.137. The summed E-state index contributed by atoms with van der Waals surface area (Å²) in [6.45, 7) is 6.91. The van der Waals surface area contributed by atoms with Crippen LogP contribution in [0.1, 0.15) is 27.2 Å². The fraction of sp³-hybridized carbons (Fsp3) is 0.350. The quantitative estimate of drug-likeness (QED) is 0.723. The summed E-state index contributed by atoms with van der Waals surface area (Å²) in [7, 11) is 0. The van der Waals surface area contributed by atoms with Crippen LogP contribution >= 0.6 is 0 Å². The van der Waals surface area contributed by atoms with E-state index >= 15 is 0 Å². The third kappa shape index (κ3) is 4.15. The van der Waals surface area contributed by atoms with Gasteiger partial charge in [-0.15, -0.1) is 0 Å². The van der Waals surface area contributed by atoms with Crippen LogP contribution in [0.3, 0.4) is 0 Å². The van der Waals surface area contributed by atoms with Crippen molar-refractivity contribution < 1.29 is 9.53 Å². The van der Waals surface area contributed by atoms with Crippen LogP contribution in [0.15, 0.2) is 36.5 Å². The minimum atomic E-state index is -0.137. The first-order valence-electron chi connectivity index (χ1n) is 9.16. The molecule has 0 atom stereocenters. The van der Waals surface area contributed by atoms with E-state index in [1.807, 2.05) is 13.0 Å². The molecule has 3 aromatic rings. The summed E-state index contributed by atoms with van der Waals surface area (Å²) < 4.78 is 5.38. The van der Waals surface area contributed by atoms with Crippen LogP contribution in [0.5, 0.6) is 0 Å². The molecule has 27 heavy (non-hydrogen) atoms. The molecule has 1 aliphatic heterocycles. The standard InChI is InChI=1S/C20H23N5O2/c1-14-18-10-17(12-21-19(18)24-23-14)20(26)22-11-15-2-4-16(5-3-15)13-25-6-8-27-9-7-25/h2-5,10,12H,6-9,11,13H2,1H3,(H,22,26)(H,21,23,24). The fourth-order valence-electron chi connectivity index (χ4n) is 3.21. The zero-order valence-corrected chi connectivity index (χ0v) is 15.4. The summed E-state index contributed by atoms with van der Waals surface area (Å²) in [5, 5.41) is 10.8. The molecule has 0 spiro atoms. The van der Waals surface area contributed by atoms with E-state index in [-0.39, 0.29) is 5.91 Å². The van der Waals surface area contributed by atoms with Gasteiger partial charge in [-0.2, -0.15) is 5.10 Å². The van der Waals surface area contributed by atoms with Gasteiger partial charge in [-0.3, -0.25) is 14.8 Å². The Kier molecular flexibility index (Phi) is 5.13. The number of aromatic amines is 1. The number of fused-ring (bicyclic) bond motifs is 1. The molecule has 7 heteroatoms. The van der Waals surface area contributed by atoms with Crippen molar-refractivity contribution in [3.63, 3.8) is 0 Å². The van der Waals surface area contributed by atoms with E-state index in [2.05, 4.69) is 49.7 Å². The molecule has 7 nitrogen and oxygen atoms in total. The summed E-state index contributed by atoms with van der Waals surface area (Å²) in [4.78, 5) is 19.0. The smallest absolute Gasteiger partial charge is 0.253 e. The first-order chi connectivity index (χ1) is 13.2.